The predicted molar refractivity (Wildman–Crippen MR) is 121 cm³/mol. The molecule has 0 spiro atoms. The summed E-state index contributed by atoms with van der Waals surface area (Å²) in [6.45, 7) is 3.43. The van der Waals surface area contributed by atoms with Gasteiger partial charge in [-0.2, -0.15) is 4.31 Å². The van der Waals surface area contributed by atoms with Gasteiger partial charge in [0.05, 0.1) is 38.2 Å². The molecule has 2 aromatic rings. The largest absolute Gasteiger partial charge is 0.468 e. The number of rotatable bonds is 8. The number of ether oxygens (including phenoxy) is 2. The molecule has 1 N–H and O–H groups in total. The molecule has 0 radical (unpaired) electrons. The minimum absolute atomic E-state index is 0.0517. The number of nitrogens with zero attached hydrogens (tertiary/aromatic N) is 3. The molecule has 11 heteroatoms. The second kappa shape index (κ2) is 10.6. The maximum atomic E-state index is 13.5. The molecule has 33 heavy (non-hydrogen) atoms. The number of morpholine rings is 1. The van der Waals surface area contributed by atoms with E-state index in [-0.39, 0.29) is 35.4 Å². The number of aromatic nitrogens is 1. The van der Waals surface area contributed by atoms with Gasteiger partial charge in [0.25, 0.3) is 0 Å². The number of anilines is 1. The van der Waals surface area contributed by atoms with E-state index in [4.69, 9.17) is 13.9 Å². The fourth-order valence-corrected chi connectivity index (χ4v) is 5.80. The molecule has 2 aliphatic heterocycles. The average Bonchev–Trinajstić information content (AvgIpc) is 3.39. The van der Waals surface area contributed by atoms with Gasteiger partial charge in [0.1, 0.15) is 16.5 Å². The summed E-state index contributed by atoms with van der Waals surface area (Å²) in [6.07, 6.45) is 6.40. The van der Waals surface area contributed by atoms with E-state index < -0.39 is 16.0 Å². The van der Waals surface area contributed by atoms with Crippen LogP contribution in [0, 0.1) is 0 Å². The van der Waals surface area contributed by atoms with Gasteiger partial charge in [0.15, 0.2) is 0 Å². The van der Waals surface area contributed by atoms with Gasteiger partial charge in [-0.15, -0.1) is 0 Å². The Morgan fingerprint density at radius 2 is 1.97 bits per heavy atom. The molecular weight excluding hydrogens is 448 g/mol. The first kappa shape index (κ1) is 23.7. The van der Waals surface area contributed by atoms with E-state index in [1.165, 1.54) is 30.1 Å². The first-order valence-corrected chi connectivity index (χ1v) is 12.6. The van der Waals surface area contributed by atoms with E-state index in [1.807, 2.05) is 12.1 Å². The summed E-state index contributed by atoms with van der Waals surface area (Å²) in [5.41, 5.74) is 0.0773. The van der Waals surface area contributed by atoms with Crippen LogP contribution in [-0.4, -0.2) is 81.6 Å². The van der Waals surface area contributed by atoms with E-state index >= 15 is 0 Å². The van der Waals surface area contributed by atoms with Crippen molar-refractivity contribution in [3.63, 3.8) is 0 Å². The molecule has 0 amide bonds. The summed E-state index contributed by atoms with van der Waals surface area (Å²) in [7, 11) is -2.65. The summed E-state index contributed by atoms with van der Waals surface area (Å²) in [5.74, 6) is 0.366. The molecular formula is C22H30N4O6S. The van der Waals surface area contributed by atoms with Crippen molar-refractivity contribution < 1.29 is 27.1 Å². The number of esters is 1. The Morgan fingerprint density at radius 3 is 2.64 bits per heavy atom. The van der Waals surface area contributed by atoms with E-state index in [2.05, 4.69) is 15.2 Å². The Kier molecular flexibility index (Phi) is 7.63. The van der Waals surface area contributed by atoms with Gasteiger partial charge in [-0.3, -0.25) is 4.90 Å². The van der Waals surface area contributed by atoms with Crippen molar-refractivity contribution in [1.82, 2.24) is 14.2 Å². The van der Waals surface area contributed by atoms with Gasteiger partial charge in [0, 0.05) is 25.8 Å². The Bertz CT molecular complexity index is 1030. The lowest BCUT2D eigenvalue weighted by molar-refractivity contribution is 0.0600. The molecule has 4 rings (SSSR count). The lowest BCUT2D eigenvalue weighted by Gasteiger charge is -2.33. The number of carbonyl (C=O) groups excluding carboxylic acids is 1. The number of piperidine rings is 1. The number of furan rings is 1. The number of methoxy groups -OCH3 is 1. The van der Waals surface area contributed by atoms with E-state index in [9.17, 15) is 13.2 Å². The van der Waals surface area contributed by atoms with Crippen LogP contribution < -0.4 is 5.32 Å². The zero-order valence-corrected chi connectivity index (χ0v) is 19.6. The highest BCUT2D eigenvalue weighted by molar-refractivity contribution is 7.89. The highest BCUT2D eigenvalue weighted by Gasteiger charge is 2.31. The van der Waals surface area contributed by atoms with Crippen molar-refractivity contribution in [1.29, 1.82) is 0 Å². The molecule has 0 bridgehead atoms. The van der Waals surface area contributed by atoms with Crippen molar-refractivity contribution in [2.75, 3.05) is 58.4 Å². The van der Waals surface area contributed by atoms with Gasteiger partial charge in [0.2, 0.25) is 10.0 Å². The third-order valence-electron chi connectivity index (χ3n) is 6.03. The minimum Gasteiger partial charge on any atom is -0.468 e. The Balaban J connectivity index is 1.63. The molecule has 1 atom stereocenters. The zero-order valence-electron chi connectivity index (χ0n) is 18.7. The summed E-state index contributed by atoms with van der Waals surface area (Å²) in [4.78, 5) is 18.7. The molecule has 4 heterocycles. The molecule has 0 saturated carbocycles. The lowest BCUT2D eigenvalue weighted by atomic mass is 10.1. The van der Waals surface area contributed by atoms with Crippen LogP contribution in [0.3, 0.4) is 0 Å². The van der Waals surface area contributed by atoms with Crippen molar-refractivity contribution >= 4 is 21.8 Å². The van der Waals surface area contributed by atoms with Crippen LogP contribution in [0.1, 0.15) is 41.4 Å². The molecule has 0 aliphatic carbocycles. The Morgan fingerprint density at radius 1 is 1.21 bits per heavy atom. The topological polar surface area (TPSA) is 114 Å². The molecule has 0 aromatic carbocycles. The highest BCUT2D eigenvalue weighted by Crippen LogP contribution is 2.29. The fraction of sp³-hybridized carbons (Fsp3) is 0.545. The summed E-state index contributed by atoms with van der Waals surface area (Å²) in [5, 5.41) is 3.23. The normalized spacial score (nSPS) is 19.2. The van der Waals surface area contributed by atoms with E-state index in [0.29, 0.717) is 19.8 Å². The number of carbonyl (C=O) groups is 1. The van der Waals surface area contributed by atoms with E-state index in [1.54, 1.807) is 6.26 Å². The van der Waals surface area contributed by atoms with Crippen LogP contribution in [0.15, 0.2) is 40.0 Å². The first-order valence-electron chi connectivity index (χ1n) is 11.2. The van der Waals surface area contributed by atoms with Crippen molar-refractivity contribution in [3.8, 4) is 0 Å². The molecule has 1 unspecified atom stereocenters. The number of nitrogens with one attached hydrogen (secondary N) is 1. The SMILES string of the molecule is COC(=O)c1cnc(NCC(c2ccco2)N2CCCCC2)c(S(=O)(=O)N2CCOCC2)c1. The summed E-state index contributed by atoms with van der Waals surface area (Å²) in [6, 6.07) is 5.04. The van der Waals surface area contributed by atoms with Gasteiger partial charge in [-0.05, 0) is 44.1 Å². The van der Waals surface area contributed by atoms with Gasteiger partial charge < -0.3 is 19.2 Å². The summed E-state index contributed by atoms with van der Waals surface area (Å²) < 4.78 is 44.0. The quantitative estimate of drug-likeness (QED) is 0.570. The number of sulfonamides is 1. The number of likely N-dealkylation sites (tertiary alicyclic amines) is 1. The van der Waals surface area contributed by atoms with Gasteiger partial charge in [-0.25, -0.2) is 18.2 Å². The lowest BCUT2D eigenvalue weighted by Crippen LogP contribution is -2.41. The zero-order chi connectivity index (χ0) is 23.3. The van der Waals surface area contributed by atoms with Crippen LogP contribution in [0.25, 0.3) is 0 Å². The predicted octanol–water partition coefficient (Wildman–Crippen LogP) is 2.12. The molecule has 2 aromatic heterocycles. The molecule has 2 aliphatic rings. The second-order valence-corrected chi connectivity index (χ2v) is 9.99. The summed E-state index contributed by atoms with van der Waals surface area (Å²) >= 11 is 0. The van der Waals surface area contributed by atoms with Crippen molar-refractivity contribution in [2.24, 2.45) is 0 Å². The molecule has 180 valence electrons. The number of hydrogen-bond donors (Lipinski definition) is 1. The Labute approximate surface area is 193 Å². The third-order valence-corrected chi connectivity index (χ3v) is 7.94. The minimum atomic E-state index is -3.90. The van der Waals surface area contributed by atoms with Crippen LogP contribution in [0.4, 0.5) is 5.82 Å². The molecule has 2 saturated heterocycles. The standard InChI is InChI=1S/C22H30N4O6S/c1-30-22(27)17-14-20(33(28,29)26-9-12-31-13-10-26)21(23-15-17)24-16-18(19-6-5-11-32-19)25-7-3-2-4-8-25/h5-6,11,14-15,18H,2-4,7-10,12-13,16H2,1H3,(H,23,24). The smallest absolute Gasteiger partial charge is 0.339 e. The fourth-order valence-electron chi connectivity index (χ4n) is 4.24. The molecule has 2 fully saturated rings. The second-order valence-electron chi connectivity index (χ2n) is 8.09. The van der Waals surface area contributed by atoms with Crippen LogP contribution >= 0.6 is 0 Å². The molecule has 10 nitrogen and oxygen atoms in total. The van der Waals surface area contributed by atoms with Gasteiger partial charge >= 0.3 is 5.97 Å². The van der Waals surface area contributed by atoms with Crippen LogP contribution in [0.2, 0.25) is 0 Å². The van der Waals surface area contributed by atoms with Crippen LogP contribution in [-0.2, 0) is 19.5 Å². The first-order chi connectivity index (χ1) is 16.0. The number of hydrogen-bond acceptors (Lipinski definition) is 9. The highest BCUT2D eigenvalue weighted by atomic mass is 32.2. The Hall–Kier alpha value is -2.47. The van der Waals surface area contributed by atoms with Crippen molar-refractivity contribution in [2.45, 2.75) is 30.2 Å². The average molecular weight is 479 g/mol. The number of pyridine rings is 1. The maximum Gasteiger partial charge on any atom is 0.339 e. The maximum absolute atomic E-state index is 13.5. The van der Waals surface area contributed by atoms with Gasteiger partial charge in [-0.1, -0.05) is 6.42 Å². The third kappa shape index (κ3) is 5.37. The monoisotopic (exact) mass is 478 g/mol. The van der Waals surface area contributed by atoms with Crippen LogP contribution in [0.5, 0.6) is 0 Å². The van der Waals surface area contributed by atoms with Crippen molar-refractivity contribution in [3.05, 3.63) is 42.0 Å². The van der Waals surface area contributed by atoms with E-state index in [0.717, 1.165) is 31.7 Å².